The molecule has 28 heteroatoms. The molecule has 5 saturated heterocycles. The topological polar surface area (TPSA) is 439 Å². The van der Waals surface area contributed by atoms with Crippen LogP contribution in [-0.4, -0.2) is 259 Å². The van der Waals surface area contributed by atoms with E-state index in [-0.39, 0.29) is 0 Å². The molecule has 0 aromatic rings. The van der Waals surface area contributed by atoms with Gasteiger partial charge in [-0.05, 0) is 6.92 Å². The van der Waals surface area contributed by atoms with Crippen LogP contribution in [0.1, 0.15) is 27.7 Å². The Hall–Kier alpha value is -2.47. The van der Waals surface area contributed by atoms with Crippen molar-refractivity contribution in [2.45, 2.75) is 181 Å². The van der Waals surface area contributed by atoms with Crippen LogP contribution >= 0.6 is 0 Å². The summed E-state index contributed by atoms with van der Waals surface area (Å²) in [5, 5.41) is 135. The van der Waals surface area contributed by atoms with Gasteiger partial charge >= 0.3 is 0 Å². The van der Waals surface area contributed by atoms with Crippen LogP contribution in [0.3, 0.4) is 0 Å². The van der Waals surface area contributed by atoms with E-state index in [1.807, 2.05) is 0 Å². The molecule has 5 heterocycles. The highest BCUT2D eigenvalue weighted by molar-refractivity contribution is 5.74. The van der Waals surface area contributed by atoms with Gasteiger partial charge in [-0.1, -0.05) is 0 Å². The fourth-order valence-corrected chi connectivity index (χ4v) is 8.14. The monoisotopic (exact) mass is 934 g/mol. The average molecular weight is 935 g/mol. The van der Waals surface area contributed by atoms with E-state index in [4.69, 9.17) is 48.4 Å². The number of hydrogen-bond donors (Lipinski definition) is 16. The first-order chi connectivity index (χ1) is 30.1. The van der Waals surface area contributed by atoms with Crippen molar-refractivity contribution in [3.8, 4) is 0 Å². The number of nitrogens with one attached hydrogen (secondary N) is 3. The Bertz CT molecular complexity index is 1540. The van der Waals surface area contributed by atoms with Crippen molar-refractivity contribution < 1.29 is 118 Å². The molecule has 0 saturated carbocycles. The van der Waals surface area contributed by atoms with Crippen molar-refractivity contribution >= 4 is 17.7 Å². The molecule has 5 aliphatic rings. The van der Waals surface area contributed by atoms with Gasteiger partial charge in [-0.15, -0.1) is 0 Å². The predicted molar refractivity (Wildman–Crippen MR) is 202 cm³/mol. The van der Waals surface area contributed by atoms with E-state index >= 15 is 0 Å². The molecule has 5 fully saturated rings. The molecule has 64 heavy (non-hydrogen) atoms. The molecule has 370 valence electrons. The number of hydrogen-bond acceptors (Lipinski definition) is 25. The molecule has 0 aliphatic carbocycles. The summed E-state index contributed by atoms with van der Waals surface area (Å²) in [5.41, 5.74) is 6.01. The molecule has 1 unspecified atom stereocenters. The Morgan fingerprint density at radius 3 is 1.38 bits per heavy atom. The van der Waals surface area contributed by atoms with Crippen LogP contribution in [0, 0.1) is 0 Å². The quantitative estimate of drug-likeness (QED) is 0.0725. The fraction of sp³-hybridized carbons (Fsp3) is 0.917. The summed E-state index contributed by atoms with van der Waals surface area (Å²) in [4.78, 5) is 37.1. The van der Waals surface area contributed by atoms with Gasteiger partial charge in [0, 0.05) is 20.8 Å². The van der Waals surface area contributed by atoms with Gasteiger partial charge in [-0.25, -0.2) is 0 Å². The minimum atomic E-state index is -1.95. The van der Waals surface area contributed by atoms with Crippen LogP contribution in [0.4, 0.5) is 0 Å². The Kier molecular flexibility index (Phi) is 18.5. The van der Waals surface area contributed by atoms with E-state index in [9.17, 15) is 75.7 Å². The van der Waals surface area contributed by atoms with E-state index in [2.05, 4.69) is 16.0 Å². The molecule has 28 nitrogen and oxygen atoms in total. The van der Waals surface area contributed by atoms with Crippen molar-refractivity contribution in [1.82, 2.24) is 16.0 Å². The standard InChI is InChI=1S/C36H62N4O24/c1-9-21(47)27(53)28(54)36(57-9)56-8-16-31(24(50)18(32(55)58-16)38-10(2)44)64-35-20(40-12(4)46)26(52)30(15(7-43)61-35)63-34-19(39-11(3)45)25(51)29(14(6-42)60-34)62-33-17(37)23(49)22(48)13(5-41)59-33/h9,13-36,41-43,47-55H,5-8,37H2,1-4H3,(H,38,44)(H,39,45)(H,40,46)/t9-,13+,14+,15+,16+,17+,18+,19+,20+,21+,22+,23+,24+,25+,26+,27+,28-,29+,30+,31+,32?,33-,34-,35-,36+/m0/s1. The molecule has 0 radical (unpaired) electrons. The maximum absolute atomic E-state index is 12.6. The largest absolute Gasteiger partial charge is 0.394 e. The number of aliphatic hydroxyl groups is 12. The van der Waals surface area contributed by atoms with Crippen molar-refractivity contribution in [2.24, 2.45) is 5.73 Å². The van der Waals surface area contributed by atoms with E-state index < -0.39 is 197 Å². The predicted octanol–water partition coefficient (Wildman–Crippen LogP) is -10.5. The highest BCUT2D eigenvalue weighted by Crippen LogP contribution is 2.35. The van der Waals surface area contributed by atoms with Gasteiger partial charge in [0.15, 0.2) is 31.5 Å². The van der Waals surface area contributed by atoms with Gasteiger partial charge in [-0.2, -0.15) is 0 Å². The lowest BCUT2D eigenvalue weighted by Gasteiger charge is -2.50. The Balaban J connectivity index is 1.39. The summed E-state index contributed by atoms with van der Waals surface area (Å²) >= 11 is 0. The van der Waals surface area contributed by atoms with Crippen LogP contribution in [0.15, 0.2) is 0 Å². The number of rotatable bonds is 15. The zero-order chi connectivity index (χ0) is 47.5. The van der Waals surface area contributed by atoms with Gasteiger partial charge in [0.05, 0.1) is 38.6 Å². The first-order valence-corrected chi connectivity index (χ1v) is 20.5. The van der Waals surface area contributed by atoms with E-state index in [1.54, 1.807) is 0 Å². The van der Waals surface area contributed by atoms with Gasteiger partial charge in [0.1, 0.15) is 110 Å². The second-order valence-electron chi connectivity index (χ2n) is 16.3. The molecule has 25 atom stereocenters. The zero-order valence-corrected chi connectivity index (χ0v) is 35.1. The minimum Gasteiger partial charge on any atom is -0.394 e. The van der Waals surface area contributed by atoms with Crippen LogP contribution in [-0.2, 0) is 57.0 Å². The normalized spacial score (nSPS) is 47.7. The molecule has 17 N–H and O–H groups in total. The summed E-state index contributed by atoms with van der Waals surface area (Å²) in [6.07, 6.45) is -34.8. The molecule has 0 bridgehead atoms. The molecule has 0 spiro atoms. The lowest BCUT2D eigenvalue weighted by atomic mass is 9.93. The maximum Gasteiger partial charge on any atom is 0.217 e. The highest BCUT2D eigenvalue weighted by atomic mass is 16.8. The molecular formula is C36H62N4O24. The smallest absolute Gasteiger partial charge is 0.217 e. The summed E-state index contributed by atoms with van der Waals surface area (Å²) in [7, 11) is 0. The number of carbonyl (C=O) groups excluding carboxylic acids is 3. The van der Waals surface area contributed by atoms with Crippen molar-refractivity contribution in [3.63, 3.8) is 0 Å². The number of nitrogens with two attached hydrogens (primary N) is 1. The van der Waals surface area contributed by atoms with Gasteiger partial charge < -0.3 is 126 Å². The second kappa shape index (κ2) is 22.6. The van der Waals surface area contributed by atoms with E-state index in [1.165, 1.54) is 6.92 Å². The summed E-state index contributed by atoms with van der Waals surface area (Å²) in [6.45, 7) is 1.29. The molecule has 0 aromatic carbocycles. The zero-order valence-electron chi connectivity index (χ0n) is 35.1. The highest BCUT2D eigenvalue weighted by Gasteiger charge is 2.56. The first kappa shape index (κ1) is 52.5. The number of ether oxygens (including phenoxy) is 9. The van der Waals surface area contributed by atoms with E-state index in [0.29, 0.717) is 0 Å². The molecule has 0 aromatic heterocycles. The fourth-order valence-electron chi connectivity index (χ4n) is 8.14. The second-order valence-corrected chi connectivity index (χ2v) is 16.3. The summed E-state index contributed by atoms with van der Waals surface area (Å²) < 4.78 is 52.2. The third kappa shape index (κ3) is 11.6. The third-order valence-electron chi connectivity index (χ3n) is 11.5. The van der Waals surface area contributed by atoms with Crippen LogP contribution < -0.4 is 21.7 Å². The van der Waals surface area contributed by atoms with Crippen LogP contribution in [0.25, 0.3) is 0 Å². The lowest BCUT2D eigenvalue weighted by Crippen LogP contribution is -2.71. The van der Waals surface area contributed by atoms with Gasteiger partial charge in [0.2, 0.25) is 17.7 Å². The lowest BCUT2D eigenvalue weighted by molar-refractivity contribution is -0.363. The Morgan fingerprint density at radius 1 is 0.484 bits per heavy atom. The van der Waals surface area contributed by atoms with Crippen LogP contribution in [0.2, 0.25) is 0 Å². The average Bonchev–Trinajstić information content (AvgIpc) is 3.24. The van der Waals surface area contributed by atoms with Crippen molar-refractivity contribution in [2.75, 3.05) is 26.4 Å². The number of carbonyl (C=O) groups is 3. The van der Waals surface area contributed by atoms with Gasteiger partial charge in [0.25, 0.3) is 0 Å². The molecule has 3 amide bonds. The molecule has 5 aliphatic heterocycles. The minimum absolute atomic E-state index is 0.677. The van der Waals surface area contributed by atoms with Crippen LogP contribution in [0.5, 0.6) is 0 Å². The Morgan fingerprint density at radius 2 is 0.906 bits per heavy atom. The molecule has 5 rings (SSSR count). The maximum atomic E-state index is 12.6. The van der Waals surface area contributed by atoms with Crippen molar-refractivity contribution in [3.05, 3.63) is 0 Å². The number of aliphatic hydroxyl groups excluding tert-OH is 12. The third-order valence-corrected chi connectivity index (χ3v) is 11.5. The molecular weight excluding hydrogens is 872 g/mol. The summed E-state index contributed by atoms with van der Waals surface area (Å²) in [5.74, 6) is -2.24. The van der Waals surface area contributed by atoms with E-state index in [0.717, 1.165) is 20.8 Å². The van der Waals surface area contributed by atoms with Gasteiger partial charge in [-0.3, -0.25) is 14.4 Å². The Labute approximate surface area is 365 Å². The summed E-state index contributed by atoms with van der Waals surface area (Å²) in [6, 6.07) is -6.30. The SMILES string of the molecule is CC(=O)N[C@H]1[C@H](O[C@H]2[C@H](O)[C@@H](NC(C)=O)[C@H](O[C@H]3[C@H](O)[C@@H](NC(C)=O)C(O)O[C@@H]3CO[C@@H]3O[C@@H](C)[C@@H](O)[C@@H](O)[C@@H]3O)O[C@@H]2CO)O[C@H](CO)[C@@H](O[C@@H]2O[C@H](CO)[C@@H](O)[C@H](O)[C@H]2N)[C@@H]1O. The number of amides is 3. The van der Waals surface area contributed by atoms with Crippen molar-refractivity contribution in [1.29, 1.82) is 0 Å². The first-order valence-electron chi connectivity index (χ1n) is 20.5.